The number of aliphatic hydroxyl groups excluding tert-OH is 3. The second-order valence-electron chi connectivity index (χ2n) is 18.0. The highest BCUT2D eigenvalue weighted by Gasteiger charge is 2.66. The third-order valence-electron chi connectivity index (χ3n) is 15.3. The molecule has 0 radical (unpaired) electrons. The summed E-state index contributed by atoms with van der Waals surface area (Å²) in [6.07, 6.45) is 12.1. The Morgan fingerprint density at radius 2 is 1.80 bits per heavy atom. The molecule has 4 aliphatic carbocycles. The Bertz CT molecular complexity index is 1370. The lowest BCUT2D eigenvalue weighted by atomic mass is 9.47. The smallest absolute Gasteiger partial charge is 0.186 e. The number of aromatic nitrogens is 3. The van der Waals surface area contributed by atoms with E-state index in [0.717, 1.165) is 66.9 Å². The molecule has 0 bridgehead atoms. The Kier molecular flexibility index (Phi) is 9.36. The molecule has 3 saturated carbocycles. The van der Waals surface area contributed by atoms with Gasteiger partial charge >= 0.3 is 0 Å². The largest absolute Gasteiger partial charge is 0.388 e. The van der Waals surface area contributed by atoms with Gasteiger partial charge in [0.25, 0.3) is 0 Å². The van der Waals surface area contributed by atoms with Crippen molar-refractivity contribution < 1.29 is 29.5 Å². The number of piperidine rings is 1. The molecule has 274 valence electrons. The average molecular weight is 683 g/mol. The zero-order valence-electron chi connectivity index (χ0n) is 30.5. The summed E-state index contributed by atoms with van der Waals surface area (Å²) < 4.78 is 19.5. The van der Waals surface area contributed by atoms with E-state index in [9.17, 15) is 15.3 Å². The van der Waals surface area contributed by atoms with Crippen molar-refractivity contribution in [1.29, 1.82) is 0 Å². The number of hydrogen-bond acceptors (Lipinski definition) is 9. The number of aryl methyl sites for hydroxylation is 1. The molecule has 16 atom stereocenters. The maximum atomic E-state index is 10.2. The molecule has 8 unspecified atom stereocenters. The van der Waals surface area contributed by atoms with Gasteiger partial charge in [-0.2, -0.15) is 0 Å². The summed E-state index contributed by atoms with van der Waals surface area (Å²) in [7, 11) is 0. The lowest BCUT2D eigenvalue weighted by molar-refractivity contribution is -0.296. The predicted molar refractivity (Wildman–Crippen MR) is 184 cm³/mol. The van der Waals surface area contributed by atoms with Gasteiger partial charge < -0.3 is 29.5 Å². The van der Waals surface area contributed by atoms with E-state index in [2.05, 4.69) is 49.0 Å². The minimum atomic E-state index is -1.33. The molecular weight excluding hydrogens is 620 g/mol. The van der Waals surface area contributed by atoms with Crippen LogP contribution in [0.5, 0.6) is 0 Å². The maximum Gasteiger partial charge on any atom is 0.186 e. The fourth-order valence-electron chi connectivity index (χ4n) is 12.8. The van der Waals surface area contributed by atoms with Gasteiger partial charge in [-0.3, -0.25) is 9.58 Å². The number of hydrogen-bond donors (Lipinski definition) is 3. The second kappa shape index (κ2) is 13.2. The van der Waals surface area contributed by atoms with Crippen LogP contribution in [0.4, 0.5) is 0 Å². The first kappa shape index (κ1) is 34.7. The van der Waals surface area contributed by atoms with Gasteiger partial charge in [0, 0.05) is 31.8 Å². The highest BCUT2D eigenvalue weighted by Crippen LogP contribution is 2.70. The Hall–Kier alpha value is -1.40. The van der Waals surface area contributed by atoms with E-state index in [1.165, 1.54) is 51.5 Å². The number of allylic oxidation sites excluding steroid dienone is 1. The number of fused-ring (bicyclic) bond motifs is 9. The van der Waals surface area contributed by atoms with Gasteiger partial charge in [0.2, 0.25) is 0 Å². The molecule has 1 aromatic heterocycles. The highest BCUT2D eigenvalue weighted by molar-refractivity contribution is 5.27. The van der Waals surface area contributed by atoms with E-state index >= 15 is 0 Å². The van der Waals surface area contributed by atoms with Crippen molar-refractivity contribution in [2.75, 3.05) is 13.2 Å². The quantitative estimate of drug-likeness (QED) is 0.265. The Labute approximate surface area is 292 Å². The van der Waals surface area contributed by atoms with Crippen LogP contribution >= 0.6 is 0 Å². The van der Waals surface area contributed by atoms with Crippen molar-refractivity contribution in [3.8, 4) is 0 Å². The van der Waals surface area contributed by atoms with Crippen molar-refractivity contribution in [2.24, 2.45) is 46.3 Å². The summed E-state index contributed by atoms with van der Waals surface area (Å²) in [5.41, 5.74) is 3.16. The molecule has 3 saturated heterocycles. The van der Waals surface area contributed by atoms with E-state index in [-0.39, 0.29) is 6.61 Å². The van der Waals surface area contributed by atoms with Crippen LogP contribution < -0.4 is 0 Å². The van der Waals surface area contributed by atoms with E-state index in [0.29, 0.717) is 35.8 Å². The molecule has 1 aromatic rings. The van der Waals surface area contributed by atoms with Crippen LogP contribution in [0, 0.1) is 46.3 Å². The molecule has 3 aliphatic heterocycles. The molecule has 0 spiro atoms. The van der Waals surface area contributed by atoms with Crippen LogP contribution in [0.1, 0.15) is 105 Å². The van der Waals surface area contributed by atoms with E-state index < -0.39 is 30.7 Å². The molecule has 10 nitrogen and oxygen atoms in total. The van der Waals surface area contributed by atoms with Gasteiger partial charge in [-0.1, -0.05) is 44.6 Å². The number of nitrogens with zero attached hydrogens (tertiary/aromatic N) is 4. The van der Waals surface area contributed by atoms with Crippen LogP contribution in [0.3, 0.4) is 0 Å². The van der Waals surface area contributed by atoms with Crippen LogP contribution in [-0.2, 0) is 27.4 Å². The molecule has 10 heteroatoms. The lowest BCUT2D eigenvalue weighted by Gasteiger charge is -2.58. The van der Waals surface area contributed by atoms with Crippen LogP contribution in [0.15, 0.2) is 17.8 Å². The minimum Gasteiger partial charge on any atom is -0.388 e. The Morgan fingerprint density at radius 1 is 0.959 bits per heavy atom. The zero-order chi connectivity index (χ0) is 34.2. The molecule has 7 aliphatic rings. The topological polar surface area (TPSA) is 122 Å². The van der Waals surface area contributed by atoms with E-state index in [1.54, 1.807) is 17.2 Å². The fourth-order valence-corrected chi connectivity index (χ4v) is 12.8. The van der Waals surface area contributed by atoms with Gasteiger partial charge in [0.1, 0.15) is 24.0 Å². The summed E-state index contributed by atoms with van der Waals surface area (Å²) in [5, 5.41) is 38.5. The first-order valence-corrected chi connectivity index (χ1v) is 19.7. The highest BCUT2D eigenvalue weighted by atomic mass is 16.7. The van der Waals surface area contributed by atoms with Gasteiger partial charge in [-0.25, -0.2) is 0 Å². The maximum absolute atomic E-state index is 10.2. The third-order valence-corrected chi connectivity index (χ3v) is 15.3. The first-order chi connectivity index (χ1) is 23.5. The van der Waals surface area contributed by atoms with Gasteiger partial charge in [-0.15, -0.1) is 5.10 Å². The van der Waals surface area contributed by atoms with Crippen LogP contribution in [0.25, 0.3) is 0 Å². The number of aliphatic hydroxyl groups is 3. The van der Waals surface area contributed by atoms with Crippen molar-refractivity contribution in [1.82, 2.24) is 19.9 Å². The average Bonchev–Trinajstić information content (AvgIpc) is 3.75. The predicted octanol–water partition coefficient (Wildman–Crippen LogP) is 4.71. The van der Waals surface area contributed by atoms with Crippen molar-refractivity contribution in [3.63, 3.8) is 0 Å². The monoisotopic (exact) mass is 682 g/mol. The summed E-state index contributed by atoms with van der Waals surface area (Å²) in [6, 6.07) is 1.67. The second-order valence-corrected chi connectivity index (χ2v) is 18.0. The first-order valence-electron chi connectivity index (χ1n) is 19.7. The molecule has 4 heterocycles. The van der Waals surface area contributed by atoms with Crippen molar-refractivity contribution in [2.45, 2.75) is 161 Å². The zero-order valence-corrected chi connectivity index (χ0v) is 30.5. The molecule has 6 fully saturated rings. The van der Waals surface area contributed by atoms with Gasteiger partial charge in [0.15, 0.2) is 6.29 Å². The van der Waals surface area contributed by atoms with Gasteiger partial charge in [-0.05, 0) is 117 Å². The third kappa shape index (κ3) is 5.88. The minimum absolute atomic E-state index is 0.0873. The summed E-state index contributed by atoms with van der Waals surface area (Å²) in [6.45, 7) is 14.9. The summed E-state index contributed by atoms with van der Waals surface area (Å²) >= 11 is 0. The van der Waals surface area contributed by atoms with E-state index in [1.807, 2.05) is 6.20 Å². The Morgan fingerprint density at radius 3 is 2.63 bits per heavy atom. The van der Waals surface area contributed by atoms with Gasteiger partial charge in [0.05, 0.1) is 25.0 Å². The normalized spacial score (nSPS) is 49.4. The fraction of sp³-hybridized carbons (Fsp3) is 0.897. The van der Waals surface area contributed by atoms with Crippen LogP contribution in [0.2, 0.25) is 0 Å². The summed E-state index contributed by atoms with van der Waals surface area (Å²) in [4.78, 5) is 3.02. The standard InChI is InChI=1S/C39H62N4O6/c1-22-7-10-31-23(2)33-32(43(31)19-22)18-30-28-9-8-25-17-27(11-13-38(25,4)29(28)12-14-39(30,33)5)47-16-6-15-42-20-26(40-41-42)21-48-37-36(46)35(45)34(44)24(3)49-37/h8,20,22-24,27-37,44-46H,6-7,9-19,21H2,1-5H3/t22-,23+,24?,27-,28?,29?,30?,31?,32?,33?,34-,35?,36-,37+,38-,39-/m0/s1. The Balaban J connectivity index is 0.821. The van der Waals surface area contributed by atoms with Crippen molar-refractivity contribution in [3.05, 3.63) is 23.5 Å². The van der Waals surface area contributed by atoms with Crippen LogP contribution in [-0.4, -0.2) is 97.3 Å². The summed E-state index contributed by atoms with van der Waals surface area (Å²) in [5.74, 6) is 5.18. The number of ether oxygens (including phenoxy) is 3. The molecule has 8 rings (SSSR count). The molecule has 49 heavy (non-hydrogen) atoms. The molecular formula is C39H62N4O6. The van der Waals surface area contributed by atoms with E-state index in [4.69, 9.17) is 14.2 Å². The molecule has 0 aromatic carbocycles. The molecule has 3 N–H and O–H groups in total. The SMILES string of the molecule is CC1O[C@@H](OCc2cn(CCCO[C@H]3CC[C@@]4(C)C(=CCC5C6CC7C([C@H](C)C8CC[C@H](C)CN78)[C@@]6(C)CCC54)C3)nn2)[C@@H](O)C(O)[C@H]1O. The molecule has 0 amide bonds. The number of rotatable bonds is 8. The lowest BCUT2D eigenvalue weighted by Crippen LogP contribution is -2.57. The van der Waals surface area contributed by atoms with Crippen molar-refractivity contribution >= 4 is 0 Å².